The number of hydrogen-bond acceptors (Lipinski definition) is 4. The number of nitro groups is 1. The molecule has 0 heterocycles. The van der Waals surface area contributed by atoms with Crippen LogP contribution in [0, 0.1) is 10.1 Å². The summed E-state index contributed by atoms with van der Waals surface area (Å²) >= 11 is 0. The fourth-order valence-corrected chi connectivity index (χ4v) is 2.07. The molecule has 0 radical (unpaired) electrons. The van der Waals surface area contributed by atoms with E-state index in [0.717, 1.165) is 19.3 Å². The molecular weight excluding hydrogens is 282 g/mol. The zero-order valence-corrected chi connectivity index (χ0v) is 12.3. The summed E-state index contributed by atoms with van der Waals surface area (Å²) in [6.45, 7) is 2.13. The largest absolute Gasteiger partial charge is 0.423 e. The summed E-state index contributed by atoms with van der Waals surface area (Å²) in [5.41, 5.74) is 0.863. The van der Waals surface area contributed by atoms with E-state index in [-0.39, 0.29) is 11.3 Å². The lowest BCUT2D eigenvalue weighted by Gasteiger charge is -2.06. The van der Waals surface area contributed by atoms with Crippen molar-refractivity contribution in [3.8, 4) is 5.75 Å². The number of hydrogen-bond donors (Lipinski definition) is 0. The van der Waals surface area contributed by atoms with Crippen molar-refractivity contribution in [2.75, 3.05) is 0 Å². The lowest BCUT2D eigenvalue weighted by atomic mass is 10.1. The van der Waals surface area contributed by atoms with Crippen molar-refractivity contribution in [3.63, 3.8) is 0 Å². The van der Waals surface area contributed by atoms with Crippen LogP contribution in [0.1, 0.15) is 35.7 Å². The molecule has 0 N–H and O–H groups in total. The van der Waals surface area contributed by atoms with Crippen LogP contribution in [0.5, 0.6) is 5.75 Å². The standard InChI is InChI=1S/C17H17NO4/c1-2-3-6-13-9-11-14(12-10-13)22-17(19)15-7-4-5-8-16(15)18(20)21/h4-5,7-12H,2-3,6H2,1H3. The van der Waals surface area contributed by atoms with E-state index in [9.17, 15) is 14.9 Å². The molecule has 114 valence electrons. The Morgan fingerprint density at radius 2 is 1.82 bits per heavy atom. The maximum atomic E-state index is 12.1. The summed E-state index contributed by atoms with van der Waals surface area (Å²) < 4.78 is 5.21. The summed E-state index contributed by atoms with van der Waals surface area (Å²) in [6.07, 6.45) is 3.21. The molecular formula is C17H17NO4. The lowest BCUT2D eigenvalue weighted by Crippen LogP contribution is -2.11. The van der Waals surface area contributed by atoms with Crippen molar-refractivity contribution in [1.29, 1.82) is 0 Å². The molecule has 2 rings (SSSR count). The number of rotatable bonds is 6. The molecule has 0 aliphatic heterocycles. The number of benzene rings is 2. The van der Waals surface area contributed by atoms with Crippen molar-refractivity contribution in [3.05, 3.63) is 69.8 Å². The Bertz CT molecular complexity index is 665. The Morgan fingerprint density at radius 3 is 2.45 bits per heavy atom. The third-order valence-electron chi connectivity index (χ3n) is 3.27. The van der Waals surface area contributed by atoms with Gasteiger partial charge in [-0.25, -0.2) is 4.79 Å². The highest BCUT2D eigenvalue weighted by Gasteiger charge is 2.20. The zero-order chi connectivity index (χ0) is 15.9. The van der Waals surface area contributed by atoms with E-state index in [0.29, 0.717) is 5.75 Å². The van der Waals surface area contributed by atoms with Crippen molar-refractivity contribution < 1.29 is 14.5 Å². The van der Waals surface area contributed by atoms with Gasteiger partial charge in [0.15, 0.2) is 0 Å². The number of aryl methyl sites for hydroxylation is 1. The van der Waals surface area contributed by atoms with Crippen LogP contribution in [-0.4, -0.2) is 10.9 Å². The Balaban J connectivity index is 2.10. The molecule has 0 amide bonds. The SMILES string of the molecule is CCCCc1ccc(OC(=O)c2ccccc2[N+](=O)[O-])cc1. The summed E-state index contributed by atoms with van der Waals surface area (Å²) in [4.78, 5) is 22.4. The number of nitrogens with zero attached hydrogens (tertiary/aromatic N) is 1. The third-order valence-corrected chi connectivity index (χ3v) is 3.27. The number of ether oxygens (including phenoxy) is 1. The summed E-state index contributed by atoms with van der Waals surface area (Å²) in [6, 6.07) is 13.0. The molecule has 0 unspecified atom stereocenters. The van der Waals surface area contributed by atoms with Crippen LogP contribution in [0.3, 0.4) is 0 Å². The molecule has 0 aromatic heterocycles. The first-order valence-corrected chi connectivity index (χ1v) is 7.16. The first-order chi connectivity index (χ1) is 10.6. The van der Waals surface area contributed by atoms with Crippen LogP contribution in [-0.2, 0) is 6.42 Å². The monoisotopic (exact) mass is 299 g/mol. The Morgan fingerprint density at radius 1 is 1.14 bits per heavy atom. The van der Waals surface area contributed by atoms with Crippen LogP contribution < -0.4 is 4.74 Å². The second-order valence-corrected chi connectivity index (χ2v) is 4.91. The van der Waals surface area contributed by atoms with E-state index in [1.807, 2.05) is 12.1 Å². The first kappa shape index (κ1) is 15.7. The van der Waals surface area contributed by atoms with Gasteiger partial charge in [-0.15, -0.1) is 0 Å². The topological polar surface area (TPSA) is 69.4 Å². The van der Waals surface area contributed by atoms with Gasteiger partial charge in [-0.2, -0.15) is 0 Å². The van der Waals surface area contributed by atoms with E-state index in [2.05, 4.69) is 6.92 Å². The molecule has 22 heavy (non-hydrogen) atoms. The van der Waals surface area contributed by atoms with Crippen molar-refractivity contribution in [1.82, 2.24) is 0 Å². The number of carbonyl (C=O) groups excluding carboxylic acids is 1. The quantitative estimate of drug-likeness (QED) is 0.347. The van der Waals surface area contributed by atoms with Gasteiger partial charge in [0.05, 0.1) is 4.92 Å². The minimum Gasteiger partial charge on any atom is -0.423 e. The molecule has 0 fully saturated rings. The molecule has 0 saturated heterocycles. The number of unbranched alkanes of at least 4 members (excludes halogenated alkanes) is 1. The third kappa shape index (κ3) is 3.91. The predicted octanol–water partition coefficient (Wildman–Crippen LogP) is 4.16. The van der Waals surface area contributed by atoms with E-state index >= 15 is 0 Å². The van der Waals surface area contributed by atoms with Crippen LogP contribution in [0.2, 0.25) is 0 Å². The van der Waals surface area contributed by atoms with Gasteiger partial charge in [-0.3, -0.25) is 10.1 Å². The van der Waals surface area contributed by atoms with Crippen molar-refractivity contribution >= 4 is 11.7 Å². The van der Waals surface area contributed by atoms with Gasteiger partial charge < -0.3 is 4.74 Å². The van der Waals surface area contributed by atoms with Crippen LogP contribution in [0.15, 0.2) is 48.5 Å². The average molecular weight is 299 g/mol. The number of esters is 1. The fraction of sp³-hybridized carbons (Fsp3) is 0.235. The second-order valence-electron chi connectivity index (χ2n) is 4.91. The summed E-state index contributed by atoms with van der Waals surface area (Å²) in [5, 5.41) is 10.9. The molecule has 0 bridgehead atoms. The molecule has 5 heteroatoms. The summed E-state index contributed by atoms with van der Waals surface area (Å²) in [7, 11) is 0. The Labute approximate surface area is 128 Å². The van der Waals surface area contributed by atoms with Crippen molar-refractivity contribution in [2.45, 2.75) is 26.2 Å². The average Bonchev–Trinajstić information content (AvgIpc) is 2.54. The Kier molecular flexibility index (Phi) is 5.25. The molecule has 0 atom stereocenters. The Hall–Kier alpha value is -2.69. The van der Waals surface area contributed by atoms with Crippen LogP contribution in [0.25, 0.3) is 0 Å². The smallest absolute Gasteiger partial charge is 0.350 e. The number of para-hydroxylation sites is 1. The molecule has 0 aliphatic carbocycles. The molecule has 2 aromatic carbocycles. The highest BCUT2D eigenvalue weighted by molar-refractivity contribution is 5.95. The predicted molar refractivity (Wildman–Crippen MR) is 83.1 cm³/mol. The molecule has 2 aromatic rings. The highest BCUT2D eigenvalue weighted by Crippen LogP contribution is 2.21. The van der Waals surface area contributed by atoms with Gasteiger partial charge in [-0.1, -0.05) is 37.6 Å². The second kappa shape index (κ2) is 7.36. The van der Waals surface area contributed by atoms with Crippen LogP contribution >= 0.6 is 0 Å². The zero-order valence-electron chi connectivity index (χ0n) is 12.3. The van der Waals surface area contributed by atoms with E-state index in [1.54, 1.807) is 18.2 Å². The van der Waals surface area contributed by atoms with Gasteiger partial charge in [0.25, 0.3) is 5.69 Å². The summed E-state index contributed by atoms with van der Waals surface area (Å²) in [5.74, 6) is -0.350. The maximum Gasteiger partial charge on any atom is 0.350 e. The fourth-order valence-electron chi connectivity index (χ4n) is 2.07. The van der Waals surface area contributed by atoms with Gasteiger partial charge in [0.2, 0.25) is 0 Å². The molecule has 5 nitrogen and oxygen atoms in total. The molecule has 0 aliphatic rings. The lowest BCUT2D eigenvalue weighted by molar-refractivity contribution is -0.385. The normalized spacial score (nSPS) is 10.2. The highest BCUT2D eigenvalue weighted by atomic mass is 16.6. The van der Waals surface area contributed by atoms with E-state index in [4.69, 9.17) is 4.74 Å². The van der Waals surface area contributed by atoms with Gasteiger partial charge in [0.1, 0.15) is 11.3 Å². The van der Waals surface area contributed by atoms with Gasteiger partial charge >= 0.3 is 5.97 Å². The van der Waals surface area contributed by atoms with Crippen molar-refractivity contribution in [2.24, 2.45) is 0 Å². The van der Waals surface area contributed by atoms with E-state index < -0.39 is 10.9 Å². The van der Waals surface area contributed by atoms with Gasteiger partial charge in [-0.05, 0) is 36.6 Å². The van der Waals surface area contributed by atoms with Gasteiger partial charge in [0, 0.05) is 6.07 Å². The number of carbonyl (C=O) groups is 1. The molecule has 0 spiro atoms. The maximum absolute atomic E-state index is 12.1. The minimum atomic E-state index is -0.728. The van der Waals surface area contributed by atoms with E-state index in [1.165, 1.54) is 23.8 Å². The number of nitro benzene ring substituents is 1. The minimum absolute atomic E-state index is 0.0532. The molecule has 0 saturated carbocycles. The first-order valence-electron chi connectivity index (χ1n) is 7.16. The van der Waals surface area contributed by atoms with Crippen LogP contribution in [0.4, 0.5) is 5.69 Å².